The van der Waals surface area contributed by atoms with E-state index in [0.29, 0.717) is 5.56 Å². The molecule has 42 nitrogen and oxygen atoms in total. The van der Waals surface area contributed by atoms with Crippen molar-refractivity contribution in [3.63, 3.8) is 0 Å². The number of nitrogens with two attached hydrogens (primary N) is 2. The van der Waals surface area contributed by atoms with Crippen LogP contribution in [0.4, 0.5) is 0 Å². The molecule has 8 aliphatic rings. The Hall–Kier alpha value is -8.48. The van der Waals surface area contributed by atoms with Gasteiger partial charge in [-0.05, 0) is 29.3 Å². The molecule has 42 heteroatoms. The van der Waals surface area contributed by atoms with Gasteiger partial charge in [0.05, 0.1) is 76.1 Å². The number of aliphatic hydroxyl groups is 13. The van der Waals surface area contributed by atoms with Crippen LogP contribution in [0.15, 0.2) is 88.6 Å². The van der Waals surface area contributed by atoms with E-state index in [1.807, 2.05) is 0 Å². The molecule has 7 heterocycles. The monoisotopic (exact) mass is 1480 g/mol. The molecule has 0 aromatic heterocycles. The molecule has 6 amide bonds. The minimum Gasteiger partial charge on any atom is -0.492 e. The molecule has 0 radical (unpaired) electrons. The predicted molar refractivity (Wildman–Crippen MR) is 344 cm³/mol. The molecular weight excluding hydrogens is 1390 g/mol. The number of guanidine groups is 2. The molecule has 24 N–H and O–H groups in total. The fourth-order valence-corrected chi connectivity index (χ4v) is 13.1. The van der Waals surface area contributed by atoms with Crippen LogP contribution >= 0.6 is 0 Å². The number of amides is 6. The van der Waals surface area contributed by atoms with Crippen molar-refractivity contribution in [2.45, 2.75) is 178 Å². The van der Waals surface area contributed by atoms with E-state index in [-0.39, 0.29) is 30.4 Å². The molecule has 0 saturated carbocycles. The van der Waals surface area contributed by atoms with Gasteiger partial charge in [-0.1, -0.05) is 55.5 Å². The zero-order valence-corrected chi connectivity index (χ0v) is 55.5. The summed E-state index contributed by atoms with van der Waals surface area (Å²) >= 11 is 0. The molecule has 572 valence electrons. The van der Waals surface area contributed by atoms with Crippen molar-refractivity contribution in [3.8, 4) is 5.75 Å². The SMILES string of the molecule is COC1=CC(C2OCC3OC(OC4C(CO)OC(Oc5ccc(CC6NC(=O)C(C(C)c7ccccc7)NC(=O)CNC(=O)C(CO)NC(=O)C(C(O)C7CN=C(N)N7C7OC(CO)C(O)C(O)C7O)NC(=O)C(C(O)C7CN=C(N)N7)NC6=O)cc5)C(O)C4O)C(O)C(O)C3O2)C=CC1(O)[N+](=O)[O-]. The van der Waals surface area contributed by atoms with Gasteiger partial charge >= 0.3 is 5.72 Å². The topological polar surface area (TPSA) is 647 Å². The summed E-state index contributed by atoms with van der Waals surface area (Å²) < 4.78 is 46.1. The quantitative estimate of drug-likeness (QED) is 0.0269. The maximum Gasteiger partial charge on any atom is 0.400 e. The average molecular weight is 1480 g/mol. The fourth-order valence-electron chi connectivity index (χ4n) is 13.1. The minimum absolute atomic E-state index is 0.0904. The second kappa shape index (κ2) is 33.3. The summed E-state index contributed by atoms with van der Waals surface area (Å²) in [4.78, 5) is 107. The lowest BCUT2D eigenvalue weighted by atomic mass is 9.92. The molecule has 5 saturated heterocycles. The van der Waals surface area contributed by atoms with Crippen LogP contribution in [0, 0.1) is 16.0 Å². The van der Waals surface area contributed by atoms with E-state index in [0.717, 1.165) is 18.1 Å². The number of fused-ring (bicyclic) bond motifs is 1. The van der Waals surface area contributed by atoms with Gasteiger partial charge in [-0.3, -0.25) is 48.9 Å². The Morgan fingerprint density at radius 2 is 1.35 bits per heavy atom. The summed E-state index contributed by atoms with van der Waals surface area (Å²) in [5.74, 6) is -10.5. The summed E-state index contributed by atoms with van der Waals surface area (Å²) in [5.41, 5.74) is 10.2. The molecule has 5 fully saturated rings. The Balaban J connectivity index is 0.890. The van der Waals surface area contributed by atoms with Gasteiger partial charge in [-0.25, -0.2) is 0 Å². The van der Waals surface area contributed by atoms with Crippen LogP contribution < -0.4 is 53.4 Å². The number of carbonyl (C=O) groups is 6. The first-order valence-corrected chi connectivity index (χ1v) is 32.9. The summed E-state index contributed by atoms with van der Waals surface area (Å²) in [6.45, 7) is -3.57. The summed E-state index contributed by atoms with van der Waals surface area (Å²) in [5, 5.41) is 173. The maximum absolute atomic E-state index is 15.2. The number of ether oxygens (including phenoxy) is 8. The van der Waals surface area contributed by atoms with E-state index in [4.69, 9.17) is 49.4 Å². The number of rotatable bonds is 19. The van der Waals surface area contributed by atoms with E-state index in [1.54, 1.807) is 37.3 Å². The average Bonchev–Trinajstić information content (AvgIpc) is 1.17. The molecule has 104 heavy (non-hydrogen) atoms. The number of hydrogen-bond donors (Lipinski definition) is 22. The highest BCUT2D eigenvalue weighted by Gasteiger charge is 2.57. The van der Waals surface area contributed by atoms with Gasteiger partial charge < -0.3 is 158 Å². The van der Waals surface area contributed by atoms with E-state index in [9.17, 15) is 95.7 Å². The van der Waals surface area contributed by atoms with E-state index >= 15 is 9.59 Å². The third kappa shape index (κ3) is 16.6. The lowest BCUT2D eigenvalue weighted by molar-refractivity contribution is -0.600. The molecule has 2 aromatic carbocycles. The number of nitro groups is 1. The highest BCUT2D eigenvalue weighted by molar-refractivity contribution is 5.98. The smallest absolute Gasteiger partial charge is 0.400 e. The Morgan fingerprint density at radius 1 is 0.692 bits per heavy atom. The first kappa shape index (κ1) is 78.1. The van der Waals surface area contributed by atoms with Crippen molar-refractivity contribution in [1.82, 2.24) is 42.1 Å². The molecule has 7 aliphatic heterocycles. The van der Waals surface area contributed by atoms with Crippen LogP contribution in [0.5, 0.6) is 5.75 Å². The summed E-state index contributed by atoms with van der Waals surface area (Å²) in [6, 6.07) is 0.650. The second-order valence-corrected chi connectivity index (χ2v) is 25.8. The molecule has 1 aliphatic carbocycles. The van der Waals surface area contributed by atoms with E-state index in [2.05, 4.69) is 47.2 Å². The molecule has 28 unspecified atom stereocenters. The minimum atomic E-state index is -2.67. The van der Waals surface area contributed by atoms with Crippen LogP contribution in [-0.2, 0) is 68.3 Å². The summed E-state index contributed by atoms with van der Waals surface area (Å²) in [7, 11) is 1.11. The van der Waals surface area contributed by atoms with Crippen molar-refractivity contribution < 1.29 is 138 Å². The number of carbonyl (C=O) groups excluding carboxylic acids is 6. The van der Waals surface area contributed by atoms with Crippen molar-refractivity contribution >= 4 is 47.4 Å². The van der Waals surface area contributed by atoms with Crippen LogP contribution in [0.1, 0.15) is 24.0 Å². The Labute approximate surface area is 589 Å². The van der Waals surface area contributed by atoms with Gasteiger partial charge in [0.15, 0.2) is 30.7 Å². The zero-order valence-electron chi connectivity index (χ0n) is 55.5. The Morgan fingerprint density at radius 3 is 2.00 bits per heavy atom. The van der Waals surface area contributed by atoms with Crippen molar-refractivity contribution in [2.75, 3.05) is 53.2 Å². The van der Waals surface area contributed by atoms with Crippen LogP contribution in [0.25, 0.3) is 0 Å². The largest absolute Gasteiger partial charge is 0.492 e. The van der Waals surface area contributed by atoms with Gasteiger partial charge in [0.1, 0.15) is 121 Å². The van der Waals surface area contributed by atoms with Crippen LogP contribution in [0.3, 0.4) is 0 Å². The number of aliphatic hydroxyl groups excluding tert-OH is 12. The lowest BCUT2D eigenvalue weighted by Crippen LogP contribution is -2.70. The Bertz CT molecular complexity index is 3530. The number of benzene rings is 2. The van der Waals surface area contributed by atoms with Gasteiger partial charge in [0.25, 0.3) is 0 Å². The lowest BCUT2D eigenvalue weighted by Gasteiger charge is -2.49. The van der Waals surface area contributed by atoms with Gasteiger partial charge in [0.2, 0.25) is 47.5 Å². The fraction of sp³-hybridized carbons (Fsp3) is 0.613. The number of methoxy groups -OCH3 is 1. The third-order valence-electron chi connectivity index (χ3n) is 19.1. The predicted octanol–water partition coefficient (Wildman–Crippen LogP) is -12.5. The molecule has 10 rings (SSSR count). The maximum atomic E-state index is 15.2. The first-order valence-electron chi connectivity index (χ1n) is 32.9. The molecule has 2 aromatic rings. The number of nitrogens with zero attached hydrogens (tertiary/aromatic N) is 4. The molecular formula is C62H85N13O29. The Kier molecular flexibility index (Phi) is 25.0. The normalized spacial score (nSPS) is 38.5. The summed E-state index contributed by atoms with van der Waals surface area (Å²) in [6.07, 6.45) is -29.1. The number of aliphatic imine (C=N–C) groups is 2. The first-order chi connectivity index (χ1) is 49.5. The van der Waals surface area contributed by atoms with Gasteiger partial charge in [0, 0.05) is 18.4 Å². The van der Waals surface area contributed by atoms with Gasteiger partial charge in [-0.2, -0.15) is 0 Å². The second-order valence-electron chi connectivity index (χ2n) is 25.8. The van der Waals surface area contributed by atoms with Crippen LogP contribution in [-0.4, -0.2) is 335 Å². The highest BCUT2D eigenvalue weighted by atomic mass is 16.8. The molecule has 28 atom stereocenters. The van der Waals surface area contributed by atoms with E-state index in [1.165, 1.54) is 36.4 Å². The zero-order chi connectivity index (χ0) is 75.3. The van der Waals surface area contributed by atoms with E-state index < -0.39 is 262 Å². The van der Waals surface area contributed by atoms with Crippen LogP contribution in [0.2, 0.25) is 0 Å². The highest BCUT2D eigenvalue weighted by Crippen LogP contribution is 2.38. The van der Waals surface area contributed by atoms with Crippen molar-refractivity contribution in [3.05, 3.63) is 99.8 Å². The molecule has 0 bridgehead atoms. The van der Waals surface area contributed by atoms with Crippen molar-refractivity contribution in [1.29, 1.82) is 0 Å². The third-order valence-corrected chi connectivity index (χ3v) is 19.1. The number of hydrogen-bond acceptors (Lipinski definition) is 35. The standard InChI is InChI=1S/C62H85N13O29/c1-23(25-6-4-3-5-7-25)37-53(91)68-28(14-24-8-10-27(11-9-24)99-58-47(87)44(84)49(33(21-78)101-58)104-59-48(88)45(85)50-34(102-59)22-98-57(103-50)26-12-13-62(94,75(95)96)35(15-26)97-2)52(90)72-38(40(80)29-16-66-60(63)70-29)55(93)73-39(54(92)69-30(19-76)51(89)65-18-36(79)71-37)41(81)31-17-67-61(64)74(31)56-46(86)43(83)42(82)32(20-77)100-56/h3-13,15,23,26,28-34,37-50,56-59,76-78,80-88,94H,14,16-22H2,1-2H3,(H2,64,67)(H,65,89)(H,68,91)(H,69,92)(H,71,79)(H,72,90)(H,73,93)(H3,63,66,70). The van der Waals surface area contributed by atoms with Crippen molar-refractivity contribution in [2.24, 2.45) is 27.4 Å². The number of nitrogens with one attached hydrogen (secondary N) is 7. The molecule has 0 spiro atoms. The van der Waals surface area contributed by atoms with Gasteiger partial charge in [-0.15, -0.1) is 0 Å².